The number of carbonyl (C=O) groups is 4. The summed E-state index contributed by atoms with van der Waals surface area (Å²) in [4.78, 5) is 62.3. The van der Waals surface area contributed by atoms with Crippen molar-refractivity contribution in [3.8, 4) is 0 Å². The number of amides is 2. The molecule has 366 valence electrons. The van der Waals surface area contributed by atoms with Crippen molar-refractivity contribution in [1.82, 2.24) is 15.7 Å². The van der Waals surface area contributed by atoms with E-state index in [4.69, 9.17) is 33.3 Å². The van der Waals surface area contributed by atoms with Crippen molar-refractivity contribution in [3.05, 3.63) is 76.9 Å². The van der Waals surface area contributed by atoms with E-state index in [2.05, 4.69) is 10.6 Å². The lowest BCUT2D eigenvalue weighted by Gasteiger charge is -2.49. The highest BCUT2D eigenvalue weighted by atomic mass is 16.8. The highest BCUT2D eigenvalue weighted by Crippen LogP contribution is 2.58. The number of nitrogens with zero attached hydrogens (tertiary/aromatic N) is 1. The third-order valence-corrected chi connectivity index (χ3v) is 13.3. The van der Waals surface area contributed by atoms with Gasteiger partial charge in [-0.2, -0.15) is 5.06 Å². The number of esters is 2. The Labute approximate surface area is 387 Å². The van der Waals surface area contributed by atoms with Crippen LogP contribution < -0.4 is 10.6 Å². The second-order valence-electron chi connectivity index (χ2n) is 19.3. The highest BCUT2D eigenvalue weighted by Gasteiger charge is 2.76. The third kappa shape index (κ3) is 9.90. The van der Waals surface area contributed by atoms with E-state index in [0.717, 1.165) is 16.7 Å². The Balaban J connectivity index is 1.00. The average Bonchev–Trinajstić information content (AvgIpc) is 3.96. The van der Waals surface area contributed by atoms with Crippen LogP contribution in [0.5, 0.6) is 0 Å². The van der Waals surface area contributed by atoms with Gasteiger partial charge in [-0.3, -0.25) is 24.0 Å². The van der Waals surface area contributed by atoms with Crippen molar-refractivity contribution < 1.29 is 83.1 Å². The zero-order chi connectivity index (χ0) is 48.0. The Kier molecular flexibility index (Phi) is 14.3. The molecule has 2 bridgehead atoms. The van der Waals surface area contributed by atoms with Crippen molar-refractivity contribution in [2.75, 3.05) is 19.8 Å². The number of carbonyl (C=O) groups excluding carboxylic acids is 4. The zero-order valence-corrected chi connectivity index (χ0v) is 37.8. The molecule has 2 aromatic rings. The maximum atomic E-state index is 15.1. The normalized spacial score (nSPS) is 33.1. The maximum absolute atomic E-state index is 15.1. The topological polar surface area (TPSA) is 282 Å². The second kappa shape index (κ2) is 19.5. The minimum Gasteiger partial charge on any atom is -0.460 e. The first-order valence-electron chi connectivity index (χ1n) is 22.7. The number of ether oxygens (including phenoxy) is 6. The quantitative estimate of drug-likeness (QED) is 0.0943. The Bertz CT molecular complexity index is 2140. The fraction of sp³-hybridized carbons (Fsp3) is 0.617. The van der Waals surface area contributed by atoms with Gasteiger partial charge in [-0.1, -0.05) is 60.7 Å². The minimum atomic E-state index is -1.70. The van der Waals surface area contributed by atoms with Crippen molar-refractivity contribution in [2.45, 2.75) is 157 Å². The first-order valence-corrected chi connectivity index (χ1v) is 22.7. The van der Waals surface area contributed by atoms with Crippen molar-refractivity contribution in [2.24, 2.45) is 5.41 Å². The molecule has 5 fully saturated rings. The van der Waals surface area contributed by atoms with Gasteiger partial charge in [0.25, 0.3) is 0 Å². The summed E-state index contributed by atoms with van der Waals surface area (Å²) in [6.45, 7) is 5.33. The maximum Gasteiger partial charge on any atom is 0.327 e. The number of rotatable bonds is 16. The third-order valence-electron chi connectivity index (χ3n) is 13.3. The van der Waals surface area contributed by atoms with Crippen LogP contribution in [0.2, 0.25) is 0 Å². The van der Waals surface area contributed by atoms with Crippen molar-refractivity contribution in [1.29, 1.82) is 0 Å². The van der Waals surface area contributed by atoms with Crippen LogP contribution >= 0.6 is 0 Å². The summed E-state index contributed by atoms with van der Waals surface area (Å²) < 4.78 is 35.9. The first kappa shape index (κ1) is 49.0. The van der Waals surface area contributed by atoms with Gasteiger partial charge < -0.3 is 69.7 Å². The number of aliphatic hydroxyl groups is 6. The summed E-state index contributed by atoms with van der Waals surface area (Å²) in [7, 11) is 0. The number of hydrogen-bond donors (Lipinski definition) is 8. The number of hydroxylamine groups is 2. The SMILES string of the molecule is CC(O)C(NC(=O)C12CC3OC(=O)C1N(Cc1ccc(C=CCOC4OC(CO)C(O)C(O)C4O)cc1)OC2C1OC2(Cc4ccccc4C2)OC31)C(=O)NC(CO)CCC(=O)OC(C)(C)C. The molecule has 0 aromatic heterocycles. The summed E-state index contributed by atoms with van der Waals surface area (Å²) in [6, 6.07) is 11.2. The number of nitrogens with one attached hydrogen (secondary N) is 2. The van der Waals surface area contributed by atoms with Gasteiger partial charge in [0.1, 0.15) is 65.9 Å². The predicted octanol–water partition coefficient (Wildman–Crippen LogP) is -0.940. The molecule has 14 atom stereocenters. The molecular formula is C47H61N3O17. The Morgan fingerprint density at radius 1 is 0.955 bits per heavy atom. The standard InChI is InChI=1S/C47H61N3O17/c1-24(53)33(41(58)48-29(22-51)15-16-32(54)64-45(2,3)4)49-44(60)47-20-30-37-38(66-46(65-37)18-27-9-5-6-10-28(27)19-46)40(47)67-50(39(47)42(59)62-30)21-26-13-11-25(12-14-26)8-7-17-61-43-36(57)35(56)34(55)31(23-52)63-43/h5-14,24,29-31,33-40,43,51-53,55-57H,15-23H2,1-4H3,(H,48,58)(H,49,60). The van der Waals surface area contributed by atoms with E-state index in [1.54, 1.807) is 57.2 Å². The van der Waals surface area contributed by atoms with Crippen molar-refractivity contribution in [3.63, 3.8) is 0 Å². The largest absolute Gasteiger partial charge is 0.460 e. The van der Waals surface area contributed by atoms with Gasteiger partial charge in [0.05, 0.1) is 38.5 Å². The van der Waals surface area contributed by atoms with Gasteiger partial charge in [-0.15, -0.1) is 0 Å². The van der Waals surface area contributed by atoms with E-state index < -0.39 is 133 Å². The monoisotopic (exact) mass is 939 g/mol. The molecule has 1 spiro atoms. The average molecular weight is 940 g/mol. The lowest BCUT2D eigenvalue weighted by Crippen LogP contribution is -2.71. The molecule has 20 heteroatoms. The molecule has 4 saturated heterocycles. The van der Waals surface area contributed by atoms with Crippen LogP contribution in [0.1, 0.15) is 69.2 Å². The van der Waals surface area contributed by atoms with E-state index in [0.29, 0.717) is 18.4 Å². The van der Waals surface area contributed by atoms with E-state index in [1.165, 1.54) is 12.0 Å². The summed E-state index contributed by atoms with van der Waals surface area (Å²) in [5.41, 5.74) is 1.07. The lowest BCUT2D eigenvalue weighted by atomic mass is 9.62. The minimum absolute atomic E-state index is 0.00511. The predicted molar refractivity (Wildman–Crippen MR) is 230 cm³/mol. The molecule has 20 nitrogen and oxygen atoms in total. The van der Waals surface area contributed by atoms with Crippen LogP contribution in [0.15, 0.2) is 54.6 Å². The van der Waals surface area contributed by atoms with Crippen molar-refractivity contribution >= 4 is 29.8 Å². The molecule has 2 aliphatic carbocycles. The summed E-state index contributed by atoms with van der Waals surface area (Å²) >= 11 is 0. The number of aliphatic hydroxyl groups excluding tert-OH is 6. The number of hydrogen-bond acceptors (Lipinski definition) is 18. The summed E-state index contributed by atoms with van der Waals surface area (Å²) in [6.07, 6.45) is -8.11. The molecule has 4 aliphatic heterocycles. The van der Waals surface area contributed by atoms with Crippen LogP contribution in [-0.4, -0.2) is 170 Å². The molecule has 2 amide bonds. The van der Waals surface area contributed by atoms with Gasteiger partial charge in [0, 0.05) is 25.7 Å². The van der Waals surface area contributed by atoms with Gasteiger partial charge in [0.15, 0.2) is 18.1 Å². The smallest absolute Gasteiger partial charge is 0.327 e. The van der Waals surface area contributed by atoms with Gasteiger partial charge in [-0.05, 0) is 56.4 Å². The molecule has 67 heavy (non-hydrogen) atoms. The highest BCUT2D eigenvalue weighted by molar-refractivity contribution is 5.96. The molecule has 1 saturated carbocycles. The van der Waals surface area contributed by atoms with Crippen LogP contribution in [0.4, 0.5) is 0 Å². The molecule has 4 heterocycles. The summed E-state index contributed by atoms with van der Waals surface area (Å²) in [5.74, 6) is -3.97. The van der Waals surface area contributed by atoms with Gasteiger partial charge >= 0.3 is 11.9 Å². The summed E-state index contributed by atoms with van der Waals surface area (Å²) in [5, 5.41) is 67.6. The lowest BCUT2D eigenvalue weighted by molar-refractivity contribution is -0.298. The van der Waals surface area contributed by atoms with E-state index >= 15 is 4.79 Å². The molecule has 8 N–H and O–H groups in total. The Morgan fingerprint density at radius 2 is 1.64 bits per heavy atom. The molecule has 6 aliphatic rings. The Morgan fingerprint density at radius 3 is 2.28 bits per heavy atom. The number of benzene rings is 2. The molecule has 8 rings (SSSR count). The molecule has 0 radical (unpaired) electrons. The van der Waals surface area contributed by atoms with Gasteiger partial charge in [-0.25, -0.2) is 0 Å². The first-order chi connectivity index (χ1) is 31.8. The van der Waals surface area contributed by atoms with Crippen LogP contribution in [0, 0.1) is 5.41 Å². The van der Waals surface area contributed by atoms with E-state index in [9.17, 15) is 45.0 Å². The number of fused-ring (bicyclic) bond motifs is 5. The van der Waals surface area contributed by atoms with Gasteiger partial charge in [0.2, 0.25) is 11.8 Å². The second-order valence-corrected chi connectivity index (χ2v) is 19.3. The van der Waals surface area contributed by atoms with E-state index in [-0.39, 0.29) is 32.4 Å². The fourth-order valence-electron chi connectivity index (χ4n) is 10.1. The van der Waals surface area contributed by atoms with Crippen LogP contribution in [-0.2, 0) is 71.8 Å². The van der Waals surface area contributed by atoms with Crippen LogP contribution in [0.25, 0.3) is 6.08 Å². The molecule has 14 unspecified atom stereocenters. The Hall–Kier alpha value is -4.42. The zero-order valence-electron chi connectivity index (χ0n) is 37.8. The fourth-order valence-corrected chi connectivity index (χ4v) is 10.1. The molecular weight excluding hydrogens is 879 g/mol. The molecule has 2 aromatic carbocycles. The van der Waals surface area contributed by atoms with Crippen LogP contribution in [0.3, 0.4) is 0 Å². The van der Waals surface area contributed by atoms with E-state index in [1.807, 2.05) is 24.3 Å².